The lowest BCUT2D eigenvalue weighted by molar-refractivity contribution is -0.152. The van der Waals surface area contributed by atoms with Crippen LogP contribution in [-0.2, 0) is 17.4 Å². The van der Waals surface area contributed by atoms with Crippen molar-refractivity contribution in [1.82, 2.24) is 0 Å². The van der Waals surface area contributed by atoms with Gasteiger partial charge in [0.15, 0.2) is 0 Å². The van der Waals surface area contributed by atoms with E-state index in [9.17, 15) is 22.8 Å². The normalized spacial score (nSPS) is 11.6. The number of methoxy groups -OCH3 is 1. The van der Waals surface area contributed by atoms with Gasteiger partial charge in [0.05, 0.1) is 18.1 Å². The van der Waals surface area contributed by atoms with E-state index in [1.165, 1.54) is 44.4 Å². The molecule has 3 rings (SSSR count). The number of esters is 1. The molecule has 0 unspecified atom stereocenters. The van der Waals surface area contributed by atoms with Gasteiger partial charge in [-0.15, -0.1) is 0 Å². The van der Waals surface area contributed by atoms with Crippen LogP contribution in [0.25, 0.3) is 22.1 Å². The standard InChI is InChI=1S/C25H25F3O5/c1-4-5-6-7-9-16-13-19-21(14-20(16)32-15(2)29)33-24(25(26,27)28)22(23(19)30)17-10-8-11-18(12-17)31-3/h8,10-14H,4-7,9H2,1-3H3. The molecule has 0 aliphatic carbocycles. The summed E-state index contributed by atoms with van der Waals surface area (Å²) < 4.78 is 57.3. The lowest BCUT2D eigenvalue weighted by Gasteiger charge is -2.15. The number of fused-ring (bicyclic) bond motifs is 1. The fourth-order valence-electron chi connectivity index (χ4n) is 3.69. The van der Waals surface area contributed by atoms with Crippen molar-refractivity contribution in [2.24, 2.45) is 0 Å². The van der Waals surface area contributed by atoms with Crippen LogP contribution in [0.1, 0.15) is 50.9 Å². The topological polar surface area (TPSA) is 65.7 Å². The highest BCUT2D eigenvalue weighted by atomic mass is 19.4. The Bertz CT molecular complexity index is 1210. The zero-order valence-corrected chi connectivity index (χ0v) is 18.7. The number of rotatable bonds is 8. The monoisotopic (exact) mass is 462 g/mol. The molecule has 0 bridgehead atoms. The SMILES string of the molecule is CCCCCCc1cc2c(=O)c(-c3cccc(OC)c3)c(C(F)(F)F)oc2cc1OC(C)=O. The van der Waals surface area contributed by atoms with Crippen molar-refractivity contribution < 1.29 is 31.9 Å². The van der Waals surface area contributed by atoms with Crippen LogP contribution in [-0.4, -0.2) is 13.1 Å². The van der Waals surface area contributed by atoms with Crippen molar-refractivity contribution in [2.45, 2.75) is 52.1 Å². The summed E-state index contributed by atoms with van der Waals surface area (Å²) in [5.41, 5.74) is -1.11. The Morgan fingerprint density at radius 3 is 2.48 bits per heavy atom. The van der Waals surface area contributed by atoms with Crippen molar-refractivity contribution >= 4 is 16.9 Å². The molecule has 0 fully saturated rings. The zero-order chi connectivity index (χ0) is 24.2. The van der Waals surface area contributed by atoms with Crippen LogP contribution in [0.15, 0.2) is 45.6 Å². The molecule has 1 heterocycles. The summed E-state index contributed by atoms with van der Waals surface area (Å²) in [5, 5.41) is -0.0118. The Kier molecular flexibility index (Phi) is 7.46. The number of aryl methyl sites for hydroxylation is 1. The highest BCUT2D eigenvalue weighted by Crippen LogP contribution is 2.39. The third-order valence-electron chi connectivity index (χ3n) is 5.24. The van der Waals surface area contributed by atoms with Gasteiger partial charge in [0, 0.05) is 13.0 Å². The fourth-order valence-corrected chi connectivity index (χ4v) is 3.69. The number of unbranched alkanes of at least 4 members (excludes halogenated alkanes) is 3. The average Bonchev–Trinajstić information content (AvgIpc) is 2.76. The molecular formula is C25H25F3O5. The van der Waals surface area contributed by atoms with E-state index in [0.29, 0.717) is 17.7 Å². The van der Waals surface area contributed by atoms with E-state index in [4.69, 9.17) is 13.9 Å². The number of hydrogen-bond acceptors (Lipinski definition) is 5. The molecular weight excluding hydrogens is 437 g/mol. The second-order valence-electron chi connectivity index (χ2n) is 7.73. The molecule has 2 aromatic carbocycles. The summed E-state index contributed by atoms with van der Waals surface area (Å²) >= 11 is 0. The third kappa shape index (κ3) is 5.56. The number of halogens is 3. The predicted octanol–water partition coefficient (Wildman–Crippen LogP) is 6.54. The van der Waals surface area contributed by atoms with Crippen LogP contribution in [0.3, 0.4) is 0 Å². The van der Waals surface area contributed by atoms with Gasteiger partial charge in [0.1, 0.15) is 17.1 Å². The maximum absolute atomic E-state index is 13.9. The first-order valence-corrected chi connectivity index (χ1v) is 10.7. The zero-order valence-electron chi connectivity index (χ0n) is 18.7. The average molecular weight is 462 g/mol. The van der Waals surface area contributed by atoms with Crippen molar-refractivity contribution in [1.29, 1.82) is 0 Å². The number of carbonyl (C=O) groups is 1. The van der Waals surface area contributed by atoms with Crippen molar-refractivity contribution in [3.05, 3.63) is 57.9 Å². The maximum atomic E-state index is 13.9. The first-order chi connectivity index (χ1) is 15.7. The molecule has 176 valence electrons. The molecule has 0 spiro atoms. The molecule has 0 saturated heterocycles. The van der Waals surface area contributed by atoms with E-state index in [2.05, 4.69) is 6.92 Å². The second-order valence-corrected chi connectivity index (χ2v) is 7.73. The molecule has 0 saturated carbocycles. The smallest absolute Gasteiger partial charge is 0.450 e. The number of hydrogen-bond donors (Lipinski definition) is 0. The Labute approximate surface area is 189 Å². The van der Waals surface area contributed by atoms with Crippen LogP contribution in [0.2, 0.25) is 0 Å². The van der Waals surface area contributed by atoms with Gasteiger partial charge in [0.2, 0.25) is 11.2 Å². The largest absolute Gasteiger partial charge is 0.497 e. The number of alkyl halides is 3. The van der Waals surface area contributed by atoms with E-state index < -0.39 is 28.9 Å². The highest BCUT2D eigenvalue weighted by Gasteiger charge is 2.39. The second kappa shape index (κ2) is 10.1. The van der Waals surface area contributed by atoms with Crippen LogP contribution < -0.4 is 14.9 Å². The molecule has 3 aromatic rings. The van der Waals surface area contributed by atoms with Crippen molar-refractivity contribution in [3.63, 3.8) is 0 Å². The van der Waals surface area contributed by atoms with Gasteiger partial charge in [-0.05, 0) is 42.2 Å². The van der Waals surface area contributed by atoms with E-state index in [1.807, 2.05) is 0 Å². The van der Waals surface area contributed by atoms with E-state index in [0.717, 1.165) is 25.7 Å². The fraction of sp³-hybridized carbons (Fsp3) is 0.360. The molecule has 0 N–H and O–H groups in total. The lowest BCUT2D eigenvalue weighted by Crippen LogP contribution is -2.16. The predicted molar refractivity (Wildman–Crippen MR) is 119 cm³/mol. The molecule has 0 aliphatic heterocycles. The Hall–Kier alpha value is -3.29. The van der Waals surface area contributed by atoms with Gasteiger partial charge in [0.25, 0.3) is 0 Å². The highest BCUT2D eigenvalue weighted by molar-refractivity contribution is 5.86. The van der Waals surface area contributed by atoms with E-state index >= 15 is 0 Å². The molecule has 1 aromatic heterocycles. The minimum absolute atomic E-state index is 0.0118. The summed E-state index contributed by atoms with van der Waals surface area (Å²) in [6.45, 7) is 3.28. The summed E-state index contributed by atoms with van der Waals surface area (Å²) in [7, 11) is 1.38. The van der Waals surface area contributed by atoms with Gasteiger partial charge in [-0.3, -0.25) is 9.59 Å². The van der Waals surface area contributed by atoms with Crippen molar-refractivity contribution in [2.75, 3.05) is 7.11 Å². The van der Waals surface area contributed by atoms with Gasteiger partial charge in [-0.1, -0.05) is 38.3 Å². The number of benzene rings is 2. The Balaban J connectivity index is 2.27. The van der Waals surface area contributed by atoms with Crippen LogP contribution in [0.4, 0.5) is 13.2 Å². The number of carbonyl (C=O) groups excluding carboxylic acids is 1. The van der Waals surface area contributed by atoms with Crippen molar-refractivity contribution in [3.8, 4) is 22.6 Å². The van der Waals surface area contributed by atoms with Crippen LogP contribution in [0.5, 0.6) is 11.5 Å². The Morgan fingerprint density at radius 1 is 1.09 bits per heavy atom. The quantitative estimate of drug-likeness (QED) is 0.216. The summed E-state index contributed by atoms with van der Waals surface area (Å²) in [5.74, 6) is -1.63. The third-order valence-corrected chi connectivity index (χ3v) is 5.24. The minimum atomic E-state index is -4.92. The molecule has 0 aliphatic rings. The molecule has 0 radical (unpaired) electrons. The van der Waals surface area contributed by atoms with Crippen LogP contribution >= 0.6 is 0 Å². The summed E-state index contributed by atoms with van der Waals surface area (Å²) in [4.78, 5) is 24.9. The minimum Gasteiger partial charge on any atom is -0.497 e. The Morgan fingerprint density at radius 2 is 1.85 bits per heavy atom. The van der Waals surface area contributed by atoms with Crippen LogP contribution in [0, 0.1) is 0 Å². The molecule has 33 heavy (non-hydrogen) atoms. The molecule has 0 amide bonds. The van der Waals surface area contributed by atoms with Gasteiger partial charge in [-0.2, -0.15) is 13.2 Å². The van der Waals surface area contributed by atoms with Gasteiger partial charge in [-0.25, -0.2) is 0 Å². The molecule has 5 nitrogen and oxygen atoms in total. The van der Waals surface area contributed by atoms with E-state index in [-0.39, 0.29) is 22.3 Å². The molecule has 0 atom stereocenters. The molecule has 8 heteroatoms. The first-order valence-electron chi connectivity index (χ1n) is 10.7. The lowest BCUT2D eigenvalue weighted by atomic mass is 9.98. The number of ether oxygens (including phenoxy) is 2. The van der Waals surface area contributed by atoms with E-state index in [1.54, 1.807) is 6.07 Å². The van der Waals surface area contributed by atoms with Gasteiger partial charge < -0.3 is 13.9 Å². The summed E-state index contributed by atoms with van der Waals surface area (Å²) in [6, 6.07) is 8.48. The maximum Gasteiger partial charge on any atom is 0.450 e. The first kappa shape index (κ1) is 24.4. The van der Waals surface area contributed by atoms with Gasteiger partial charge >= 0.3 is 12.1 Å². The summed E-state index contributed by atoms with van der Waals surface area (Å²) in [6.07, 6.45) is -0.650.